The Kier molecular flexibility index (Phi) is 7.33. The van der Waals surface area contributed by atoms with Gasteiger partial charge in [0.2, 0.25) is 17.7 Å². The second-order valence-electron chi connectivity index (χ2n) is 6.63. The van der Waals surface area contributed by atoms with Crippen molar-refractivity contribution in [3.05, 3.63) is 77.3 Å². The number of nitrogens with one attached hydrogen (secondary N) is 1. The number of halogens is 1. The molecule has 1 aromatic heterocycles. The van der Waals surface area contributed by atoms with Gasteiger partial charge in [-0.05, 0) is 42.2 Å². The van der Waals surface area contributed by atoms with Crippen molar-refractivity contribution in [1.29, 1.82) is 0 Å². The summed E-state index contributed by atoms with van der Waals surface area (Å²) in [5, 5.41) is 10.8. The van der Waals surface area contributed by atoms with Gasteiger partial charge in [-0.2, -0.15) is 0 Å². The van der Waals surface area contributed by atoms with Crippen molar-refractivity contribution in [2.24, 2.45) is 0 Å². The molecule has 6 nitrogen and oxygen atoms in total. The van der Waals surface area contributed by atoms with Gasteiger partial charge >= 0.3 is 0 Å². The molecule has 29 heavy (non-hydrogen) atoms. The average Bonchev–Trinajstić information content (AvgIpc) is 3.20. The first kappa shape index (κ1) is 20.5. The van der Waals surface area contributed by atoms with Crippen molar-refractivity contribution >= 4 is 5.91 Å². The number of carbonyl (C=O) groups excluding carboxylic acids is 1. The number of nitrogens with zero attached hydrogens (tertiary/aromatic N) is 2. The van der Waals surface area contributed by atoms with E-state index >= 15 is 0 Å². The van der Waals surface area contributed by atoms with Crippen LogP contribution in [0.5, 0.6) is 5.75 Å². The summed E-state index contributed by atoms with van der Waals surface area (Å²) in [6.45, 7) is 0.386. The molecule has 0 atom stereocenters. The van der Waals surface area contributed by atoms with Crippen LogP contribution in [0, 0.1) is 5.82 Å². The van der Waals surface area contributed by atoms with Crippen molar-refractivity contribution in [2.75, 3.05) is 13.7 Å². The molecule has 1 amide bonds. The van der Waals surface area contributed by atoms with Crippen LogP contribution in [0.1, 0.15) is 29.3 Å². The number of hydrogen-bond donors (Lipinski definition) is 1. The molecule has 0 spiro atoms. The normalized spacial score (nSPS) is 10.7. The predicted molar refractivity (Wildman–Crippen MR) is 106 cm³/mol. The average molecular weight is 397 g/mol. The van der Waals surface area contributed by atoms with Crippen LogP contribution in [0.2, 0.25) is 0 Å². The largest absolute Gasteiger partial charge is 0.497 e. The molecule has 0 fully saturated rings. The summed E-state index contributed by atoms with van der Waals surface area (Å²) < 4.78 is 24.3. The minimum absolute atomic E-state index is 0.126. The summed E-state index contributed by atoms with van der Waals surface area (Å²) in [7, 11) is 1.64. The maximum absolute atomic E-state index is 13.5. The predicted octanol–water partition coefficient (Wildman–Crippen LogP) is 3.29. The van der Waals surface area contributed by atoms with E-state index in [9.17, 15) is 9.18 Å². The third kappa shape index (κ3) is 6.41. The Balaban J connectivity index is 1.37. The summed E-state index contributed by atoms with van der Waals surface area (Å²) >= 11 is 0. The molecule has 0 bridgehead atoms. The molecule has 3 aromatic rings. The molecule has 0 saturated heterocycles. The highest BCUT2D eigenvalue weighted by Crippen LogP contribution is 2.13. The summed E-state index contributed by atoms with van der Waals surface area (Å²) in [6.07, 6.45) is 2.49. The molecule has 1 heterocycles. The SMILES string of the molecule is COc1ccc(CCc2nnc(CCC(=O)NCCc3ccccc3F)o2)cc1. The molecule has 0 aliphatic heterocycles. The Morgan fingerprint density at radius 1 is 1.00 bits per heavy atom. The molecule has 0 saturated carbocycles. The number of aryl methyl sites for hydroxylation is 3. The number of methoxy groups -OCH3 is 1. The van der Waals surface area contributed by atoms with Crippen LogP contribution in [0.25, 0.3) is 0 Å². The Morgan fingerprint density at radius 3 is 2.45 bits per heavy atom. The minimum atomic E-state index is -0.255. The summed E-state index contributed by atoms with van der Waals surface area (Å²) in [5.41, 5.74) is 1.74. The number of rotatable bonds is 10. The fraction of sp³-hybridized carbons (Fsp3) is 0.318. The Bertz CT molecular complexity index is 925. The standard InChI is InChI=1S/C22H24FN3O3/c1-28-18-9-6-16(7-10-18)8-12-21-25-26-22(29-21)13-11-20(27)24-15-14-17-4-2-3-5-19(17)23/h2-7,9-10H,8,11-15H2,1H3,(H,24,27). The van der Waals surface area contributed by atoms with Gasteiger partial charge in [0.25, 0.3) is 0 Å². The van der Waals surface area contributed by atoms with Gasteiger partial charge in [0.05, 0.1) is 7.11 Å². The molecule has 7 heteroatoms. The second-order valence-corrected chi connectivity index (χ2v) is 6.63. The van der Waals surface area contributed by atoms with Gasteiger partial charge in [-0.25, -0.2) is 4.39 Å². The van der Waals surface area contributed by atoms with Crippen molar-refractivity contribution in [1.82, 2.24) is 15.5 Å². The lowest BCUT2D eigenvalue weighted by molar-refractivity contribution is -0.121. The highest BCUT2D eigenvalue weighted by Gasteiger charge is 2.10. The Labute approximate surface area is 169 Å². The number of amides is 1. The smallest absolute Gasteiger partial charge is 0.220 e. The molecule has 152 valence electrons. The van der Waals surface area contributed by atoms with Crippen LogP contribution < -0.4 is 10.1 Å². The van der Waals surface area contributed by atoms with E-state index in [1.165, 1.54) is 6.07 Å². The van der Waals surface area contributed by atoms with Gasteiger partial charge in [-0.15, -0.1) is 10.2 Å². The molecule has 0 aliphatic carbocycles. The van der Waals surface area contributed by atoms with E-state index < -0.39 is 0 Å². The lowest BCUT2D eigenvalue weighted by Crippen LogP contribution is -2.26. The van der Waals surface area contributed by atoms with Gasteiger partial charge in [-0.1, -0.05) is 30.3 Å². The Hall–Kier alpha value is -3.22. The molecule has 3 rings (SSSR count). The lowest BCUT2D eigenvalue weighted by atomic mass is 10.1. The van der Waals surface area contributed by atoms with Gasteiger partial charge in [0.15, 0.2) is 0 Å². The first-order chi connectivity index (χ1) is 14.1. The zero-order valence-corrected chi connectivity index (χ0v) is 16.4. The minimum Gasteiger partial charge on any atom is -0.497 e. The van der Waals surface area contributed by atoms with Crippen LogP contribution in [0.15, 0.2) is 52.9 Å². The summed E-state index contributed by atoms with van der Waals surface area (Å²) in [5.74, 6) is 1.44. The van der Waals surface area contributed by atoms with Gasteiger partial charge in [0, 0.05) is 25.8 Å². The van der Waals surface area contributed by atoms with Gasteiger partial charge < -0.3 is 14.5 Å². The van der Waals surface area contributed by atoms with Crippen molar-refractivity contribution < 1.29 is 18.3 Å². The fourth-order valence-electron chi connectivity index (χ4n) is 2.88. The monoisotopic (exact) mass is 397 g/mol. The van der Waals surface area contributed by atoms with Gasteiger partial charge in [-0.3, -0.25) is 4.79 Å². The molecule has 0 unspecified atom stereocenters. The van der Waals surface area contributed by atoms with Crippen LogP contribution in [-0.2, 0) is 30.5 Å². The van der Waals surface area contributed by atoms with E-state index in [2.05, 4.69) is 15.5 Å². The first-order valence-corrected chi connectivity index (χ1v) is 9.58. The van der Waals surface area contributed by atoms with Crippen LogP contribution in [-0.4, -0.2) is 29.8 Å². The second kappa shape index (κ2) is 10.4. The number of carbonyl (C=O) groups is 1. The zero-order chi connectivity index (χ0) is 20.5. The van der Waals surface area contributed by atoms with Crippen LogP contribution >= 0.6 is 0 Å². The highest BCUT2D eigenvalue weighted by atomic mass is 19.1. The highest BCUT2D eigenvalue weighted by molar-refractivity contribution is 5.76. The zero-order valence-electron chi connectivity index (χ0n) is 16.4. The third-order valence-corrected chi connectivity index (χ3v) is 4.54. The number of hydrogen-bond acceptors (Lipinski definition) is 5. The maximum atomic E-state index is 13.5. The van der Waals surface area contributed by atoms with Crippen molar-refractivity contribution in [3.63, 3.8) is 0 Å². The van der Waals surface area contributed by atoms with E-state index in [-0.39, 0.29) is 18.1 Å². The summed E-state index contributed by atoms with van der Waals surface area (Å²) in [6, 6.07) is 14.4. The van der Waals surface area contributed by atoms with E-state index in [1.54, 1.807) is 25.3 Å². The molecule has 0 radical (unpaired) electrons. The molecular weight excluding hydrogens is 373 g/mol. The number of ether oxygens (including phenoxy) is 1. The molecule has 1 N–H and O–H groups in total. The maximum Gasteiger partial charge on any atom is 0.220 e. The van der Waals surface area contributed by atoms with Crippen LogP contribution in [0.4, 0.5) is 4.39 Å². The fourth-order valence-corrected chi connectivity index (χ4v) is 2.88. The van der Waals surface area contributed by atoms with E-state index in [0.717, 1.165) is 17.7 Å². The number of aromatic nitrogens is 2. The van der Waals surface area contributed by atoms with Crippen LogP contribution in [0.3, 0.4) is 0 Å². The van der Waals surface area contributed by atoms with E-state index in [4.69, 9.17) is 9.15 Å². The topological polar surface area (TPSA) is 77.2 Å². The molecular formula is C22H24FN3O3. The van der Waals surface area contributed by atoms with Crippen molar-refractivity contribution in [3.8, 4) is 5.75 Å². The van der Waals surface area contributed by atoms with E-state index in [0.29, 0.717) is 43.2 Å². The van der Waals surface area contributed by atoms with Gasteiger partial charge in [0.1, 0.15) is 11.6 Å². The molecule has 0 aliphatic rings. The number of benzene rings is 2. The van der Waals surface area contributed by atoms with E-state index in [1.807, 2.05) is 24.3 Å². The third-order valence-electron chi connectivity index (χ3n) is 4.54. The molecule has 2 aromatic carbocycles. The quantitative estimate of drug-likeness (QED) is 0.568. The Morgan fingerprint density at radius 2 is 1.72 bits per heavy atom. The summed E-state index contributed by atoms with van der Waals surface area (Å²) in [4.78, 5) is 12.0. The van der Waals surface area contributed by atoms with Crippen molar-refractivity contribution in [2.45, 2.75) is 32.1 Å². The first-order valence-electron chi connectivity index (χ1n) is 9.58. The lowest BCUT2D eigenvalue weighted by Gasteiger charge is -2.05.